The number of rotatable bonds is 12. The third kappa shape index (κ3) is 8.34. The molecule has 0 saturated heterocycles. The highest BCUT2D eigenvalue weighted by Gasteiger charge is 2.28. The number of nitrogens with zero attached hydrogens (tertiary/aromatic N) is 1. The number of nitro groups is 1. The van der Waals surface area contributed by atoms with Crippen LogP contribution in [0.1, 0.15) is 28.2 Å². The second-order valence-corrected chi connectivity index (χ2v) is 9.31. The smallest absolute Gasteiger partial charge is 0.325 e. The number of carbonyl (C=O) groups is 3. The quantitative estimate of drug-likeness (QED) is 0.153. The van der Waals surface area contributed by atoms with E-state index in [1.807, 2.05) is 91.0 Å². The summed E-state index contributed by atoms with van der Waals surface area (Å²) in [7, 11) is 0. The van der Waals surface area contributed by atoms with E-state index >= 15 is 0 Å². The zero-order valence-electron chi connectivity index (χ0n) is 22.1. The maximum Gasteiger partial charge on any atom is 0.325 e. The number of ether oxygens (including phenoxy) is 1. The zero-order valence-corrected chi connectivity index (χ0v) is 22.1. The molecule has 0 aliphatic rings. The average Bonchev–Trinajstić information content (AvgIpc) is 3.00. The molecule has 0 aliphatic carbocycles. The Morgan fingerprint density at radius 1 is 0.707 bits per heavy atom. The van der Waals surface area contributed by atoms with Crippen LogP contribution in [-0.4, -0.2) is 35.3 Å². The lowest BCUT2D eigenvalue weighted by Gasteiger charge is -2.23. The summed E-state index contributed by atoms with van der Waals surface area (Å²) in [5.41, 5.74) is 2.81. The number of hydrogen-bond donors (Lipinski definition) is 2. The van der Waals surface area contributed by atoms with Crippen LogP contribution in [0.4, 0.5) is 5.69 Å². The van der Waals surface area contributed by atoms with Crippen molar-refractivity contribution < 1.29 is 24.0 Å². The number of benzene rings is 4. The van der Waals surface area contributed by atoms with Crippen LogP contribution in [0.3, 0.4) is 0 Å². The summed E-state index contributed by atoms with van der Waals surface area (Å²) in [5.74, 6) is -2.32. The van der Waals surface area contributed by atoms with Gasteiger partial charge in [0.1, 0.15) is 19.2 Å². The molecule has 0 spiro atoms. The highest BCUT2D eigenvalue weighted by atomic mass is 16.6. The van der Waals surface area contributed by atoms with Gasteiger partial charge in [-0.2, -0.15) is 0 Å². The van der Waals surface area contributed by atoms with Crippen LogP contribution in [0.15, 0.2) is 115 Å². The van der Waals surface area contributed by atoms with Crippen LogP contribution < -0.4 is 10.6 Å². The summed E-state index contributed by atoms with van der Waals surface area (Å²) in [6.45, 7) is -0.326. The Morgan fingerprint density at radius 2 is 1.24 bits per heavy atom. The number of esters is 1. The Morgan fingerprint density at radius 3 is 1.78 bits per heavy atom. The van der Waals surface area contributed by atoms with Crippen molar-refractivity contribution in [3.63, 3.8) is 0 Å². The maximum absolute atomic E-state index is 13.7. The maximum atomic E-state index is 13.7. The van der Waals surface area contributed by atoms with E-state index in [0.29, 0.717) is 5.56 Å². The fraction of sp³-hybridized carbons (Fsp3) is 0.156. The number of nitro benzene ring substituents is 1. The van der Waals surface area contributed by atoms with Crippen molar-refractivity contribution in [3.05, 3.63) is 148 Å². The number of carbonyl (C=O) groups excluding carboxylic acids is 3. The monoisotopic (exact) mass is 551 g/mol. The molecule has 0 unspecified atom stereocenters. The first kappa shape index (κ1) is 28.7. The van der Waals surface area contributed by atoms with E-state index in [-0.39, 0.29) is 25.3 Å². The summed E-state index contributed by atoms with van der Waals surface area (Å²) >= 11 is 0. The molecular formula is C32H29N3O6. The molecule has 0 heterocycles. The first-order chi connectivity index (χ1) is 19.9. The van der Waals surface area contributed by atoms with Gasteiger partial charge in [0.15, 0.2) is 0 Å². The molecule has 0 aliphatic heterocycles. The van der Waals surface area contributed by atoms with E-state index in [0.717, 1.165) is 16.7 Å². The van der Waals surface area contributed by atoms with E-state index in [4.69, 9.17) is 4.74 Å². The number of amides is 2. The molecule has 0 fully saturated rings. The number of nitrogens with one attached hydrogen (secondary N) is 2. The van der Waals surface area contributed by atoms with Crippen molar-refractivity contribution in [1.82, 2.24) is 10.6 Å². The fourth-order valence-electron chi connectivity index (χ4n) is 4.31. The molecule has 41 heavy (non-hydrogen) atoms. The molecule has 0 aromatic heterocycles. The molecule has 0 radical (unpaired) electrons. The highest BCUT2D eigenvalue weighted by molar-refractivity contribution is 5.93. The minimum absolute atomic E-state index is 0.0466. The standard InChI is InChI=1S/C32H29N3O6/c36-29(41-22-24-10-4-1-5-11-24)21-33-31(37)28(20-23-16-18-27(19-17-23)35(39)40)34-32(38)30(25-12-6-2-7-13-25)26-14-8-3-9-15-26/h1-19,28,30H,20-22H2,(H,33,37)(H,34,38)/t28-/m1/s1. The van der Waals surface area contributed by atoms with Crippen LogP contribution in [0.5, 0.6) is 0 Å². The summed E-state index contributed by atoms with van der Waals surface area (Å²) in [6.07, 6.45) is 0.0466. The molecule has 4 rings (SSSR count). The van der Waals surface area contributed by atoms with E-state index in [2.05, 4.69) is 10.6 Å². The van der Waals surface area contributed by atoms with Crippen LogP contribution in [0.2, 0.25) is 0 Å². The van der Waals surface area contributed by atoms with Crippen LogP contribution in [0.25, 0.3) is 0 Å². The molecule has 4 aromatic carbocycles. The van der Waals surface area contributed by atoms with Crippen molar-refractivity contribution in [1.29, 1.82) is 0 Å². The first-order valence-electron chi connectivity index (χ1n) is 13.0. The minimum atomic E-state index is -1.07. The normalized spacial score (nSPS) is 11.3. The van der Waals surface area contributed by atoms with E-state index < -0.39 is 34.7 Å². The van der Waals surface area contributed by atoms with Gasteiger partial charge in [0, 0.05) is 18.6 Å². The van der Waals surface area contributed by atoms with Crippen LogP contribution >= 0.6 is 0 Å². The summed E-state index contributed by atoms with van der Waals surface area (Å²) in [6, 6.07) is 32.2. The predicted octanol–water partition coefficient (Wildman–Crippen LogP) is 4.31. The van der Waals surface area contributed by atoms with Crippen molar-refractivity contribution in [2.75, 3.05) is 6.54 Å². The van der Waals surface area contributed by atoms with Crippen molar-refractivity contribution in [2.45, 2.75) is 25.0 Å². The van der Waals surface area contributed by atoms with Gasteiger partial charge in [0.05, 0.1) is 10.8 Å². The fourth-order valence-corrected chi connectivity index (χ4v) is 4.31. The number of hydrogen-bond acceptors (Lipinski definition) is 6. The van der Waals surface area contributed by atoms with E-state index in [1.165, 1.54) is 24.3 Å². The van der Waals surface area contributed by atoms with Gasteiger partial charge in [0.25, 0.3) is 5.69 Å². The third-order valence-corrected chi connectivity index (χ3v) is 6.40. The Hall–Kier alpha value is -5.31. The van der Waals surface area contributed by atoms with E-state index in [9.17, 15) is 24.5 Å². The molecule has 208 valence electrons. The lowest BCUT2D eigenvalue weighted by molar-refractivity contribution is -0.384. The third-order valence-electron chi connectivity index (χ3n) is 6.40. The van der Waals surface area contributed by atoms with Gasteiger partial charge in [-0.1, -0.05) is 103 Å². The summed E-state index contributed by atoms with van der Waals surface area (Å²) in [5, 5.41) is 16.5. The molecular weight excluding hydrogens is 522 g/mol. The second-order valence-electron chi connectivity index (χ2n) is 9.31. The Kier molecular flexibility index (Phi) is 9.92. The predicted molar refractivity (Wildman–Crippen MR) is 153 cm³/mol. The highest BCUT2D eigenvalue weighted by Crippen LogP contribution is 2.25. The molecule has 9 nitrogen and oxygen atoms in total. The van der Waals surface area contributed by atoms with Crippen LogP contribution in [0, 0.1) is 10.1 Å². The molecule has 9 heteroatoms. The lowest BCUT2D eigenvalue weighted by Crippen LogP contribution is -2.50. The summed E-state index contributed by atoms with van der Waals surface area (Å²) in [4.78, 5) is 49.9. The van der Waals surface area contributed by atoms with Crippen LogP contribution in [-0.2, 0) is 32.1 Å². The average molecular weight is 552 g/mol. The van der Waals surface area contributed by atoms with Gasteiger partial charge in [-0.25, -0.2) is 0 Å². The van der Waals surface area contributed by atoms with Gasteiger partial charge in [0.2, 0.25) is 11.8 Å². The second kappa shape index (κ2) is 14.2. The molecule has 2 N–H and O–H groups in total. The number of non-ortho nitro benzene ring substituents is 1. The molecule has 2 amide bonds. The minimum Gasteiger partial charge on any atom is -0.460 e. The van der Waals surface area contributed by atoms with Crippen molar-refractivity contribution in [2.24, 2.45) is 0 Å². The molecule has 1 atom stereocenters. The SMILES string of the molecule is O=C(CNC(=O)[C@@H](Cc1ccc([N+](=O)[O-])cc1)NC(=O)C(c1ccccc1)c1ccccc1)OCc1ccccc1. The Labute approximate surface area is 237 Å². The molecule has 4 aromatic rings. The largest absolute Gasteiger partial charge is 0.460 e. The Balaban J connectivity index is 1.50. The first-order valence-corrected chi connectivity index (χ1v) is 13.0. The van der Waals surface area contributed by atoms with Gasteiger partial charge < -0.3 is 15.4 Å². The molecule has 0 saturated carbocycles. The Bertz CT molecular complexity index is 1420. The van der Waals surface area contributed by atoms with Gasteiger partial charge in [-0.05, 0) is 22.3 Å². The summed E-state index contributed by atoms with van der Waals surface area (Å²) < 4.78 is 5.24. The lowest BCUT2D eigenvalue weighted by atomic mass is 9.90. The molecule has 0 bridgehead atoms. The van der Waals surface area contributed by atoms with Crippen molar-refractivity contribution >= 4 is 23.5 Å². The van der Waals surface area contributed by atoms with E-state index in [1.54, 1.807) is 0 Å². The van der Waals surface area contributed by atoms with Crippen molar-refractivity contribution in [3.8, 4) is 0 Å². The van der Waals surface area contributed by atoms with Gasteiger partial charge >= 0.3 is 5.97 Å². The zero-order chi connectivity index (χ0) is 29.0. The van der Waals surface area contributed by atoms with Gasteiger partial charge in [-0.3, -0.25) is 24.5 Å². The topological polar surface area (TPSA) is 128 Å². The van der Waals surface area contributed by atoms with Gasteiger partial charge in [-0.15, -0.1) is 0 Å².